The fraction of sp³-hybridized carbons (Fsp3) is 0.474. The number of nitrogens with one attached hydrogen (secondary N) is 2. The molecule has 0 aliphatic carbocycles. The third-order valence-electron chi connectivity index (χ3n) is 4.88. The molecule has 0 saturated carbocycles. The Morgan fingerprint density at radius 3 is 2.80 bits per heavy atom. The topological polar surface area (TPSA) is 70.4 Å². The second-order valence-electron chi connectivity index (χ2n) is 7.07. The van der Waals surface area contributed by atoms with Crippen LogP contribution in [0.15, 0.2) is 28.8 Å². The highest BCUT2D eigenvalue weighted by Gasteiger charge is 2.26. The molecule has 0 unspecified atom stereocenters. The van der Waals surface area contributed by atoms with Crippen molar-refractivity contribution in [2.75, 3.05) is 17.2 Å². The number of carbonyl (C=O) groups excluding carboxylic acids is 1. The summed E-state index contributed by atoms with van der Waals surface area (Å²) < 4.78 is 5.01. The van der Waals surface area contributed by atoms with Crippen LogP contribution in [-0.4, -0.2) is 28.6 Å². The third-order valence-corrected chi connectivity index (χ3v) is 4.88. The van der Waals surface area contributed by atoms with Gasteiger partial charge in [-0.25, -0.2) is 0 Å². The summed E-state index contributed by atoms with van der Waals surface area (Å²) in [5.41, 5.74) is 4.39. The molecule has 6 nitrogen and oxygen atoms in total. The summed E-state index contributed by atoms with van der Waals surface area (Å²) in [5, 5.41) is 9.72. The van der Waals surface area contributed by atoms with Gasteiger partial charge in [0, 0.05) is 30.9 Å². The lowest BCUT2D eigenvalue weighted by Crippen LogP contribution is -2.32. The highest BCUT2D eigenvalue weighted by atomic mass is 16.5. The molecule has 1 aliphatic heterocycles. The van der Waals surface area contributed by atoms with Crippen LogP contribution >= 0.6 is 0 Å². The van der Waals surface area contributed by atoms with Gasteiger partial charge in [0.05, 0.1) is 12.2 Å². The average Bonchev–Trinajstić information content (AvgIpc) is 3.18. The first-order valence-corrected chi connectivity index (χ1v) is 8.76. The number of rotatable bonds is 6. The molecule has 6 heteroatoms. The number of nitrogens with zero attached hydrogens (tertiary/aromatic N) is 2. The van der Waals surface area contributed by atoms with E-state index in [4.69, 9.17) is 4.52 Å². The second-order valence-corrected chi connectivity index (χ2v) is 7.07. The maximum atomic E-state index is 12.1. The number of aromatic nitrogens is 1. The van der Waals surface area contributed by atoms with Crippen LogP contribution in [0.5, 0.6) is 0 Å². The van der Waals surface area contributed by atoms with Gasteiger partial charge in [-0.05, 0) is 37.0 Å². The molecule has 0 fully saturated rings. The lowest BCUT2D eigenvalue weighted by atomic mass is 10.1. The van der Waals surface area contributed by atoms with Crippen LogP contribution < -0.4 is 10.6 Å². The summed E-state index contributed by atoms with van der Waals surface area (Å²) in [6.45, 7) is 10.7. The van der Waals surface area contributed by atoms with Crippen molar-refractivity contribution < 1.29 is 9.32 Å². The molecule has 0 radical (unpaired) electrons. The Balaban J connectivity index is 1.61. The SMILES string of the molecule is Cc1cc(NC(=O)CNc2cccc3c2CN([C@H](C)C(C)C)C3)on1. The van der Waals surface area contributed by atoms with Crippen molar-refractivity contribution in [2.45, 2.75) is 46.8 Å². The van der Waals surface area contributed by atoms with Crippen molar-refractivity contribution in [1.29, 1.82) is 0 Å². The zero-order valence-electron chi connectivity index (χ0n) is 15.3. The van der Waals surface area contributed by atoms with Gasteiger partial charge in [0.15, 0.2) is 0 Å². The summed E-state index contributed by atoms with van der Waals surface area (Å²) in [7, 11) is 0. The molecule has 3 rings (SSSR count). The van der Waals surface area contributed by atoms with Gasteiger partial charge in [0.25, 0.3) is 0 Å². The van der Waals surface area contributed by atoms with Crippen molar-refractivity contribution >= 4 is 17.5 Å². The standard InChI is InChI=1S/C19H26N4O2/c1-12(2)14(4)23-10-15-6-5-7-17(16(15)11-23)20-9-18(24)21-19-8-13(3)22-25-19/h5-8,12,14,20H,9-11H2,1-4H3,(H,21,24)/t14-/m1/s1. The molecular weight excluding hydrogens is 316 g/mol. The van der Waals surface area contributed by atoms with Crippen molar-refractivity contribution in [3.8, 4) is 0 Å². The fourth-order valence-corrected chi connectivity index (χ4v) is 3.10. The van der Waals surface area contributed by atoms with E-state index in [2.05, 4.69) is 47.5 Å². The van der Waals surface area contributed by atoms with Crippen LogP contribution in [0.2, 0.25) is 0 Å². The van der Waals surface area contributed by atoms with Gasteiger partial charge >= 0.3 is 0 Å². The van der Waals surface area contributed by atoms with Crippen LogP contribution in [0, 0.1) is 12.8 Å². The molecule has 134 valence electrons. The number of fused-ring (bicyclic) bond motifs is 1. The van der Waals surface area contributed by atoms with Gasteiger partial charge in [-0.2, -0.15) is 0 Å². The Labute approximate surface area is 148 Å². The van der Waals surface area contributed by atoms with E-state index in [1.165, 1.54) is 11.1 Å². The van der Waals surface area contributed by atoms with E-state index in [0.717, 1.165) is 24.5 Å². The smallest absolute Gasteiger partial charge is 0.246 e. The normalized spacial score (nSPS) is 15.2. The average molecular weight is 342 g/mol. The third kappa shape index (κ3) is 4.02. The molecule has 0 bridgehead atoms. The zero-order chi connectivity index (χ0) is 18.0. The Morgan fingerprint density at radius 1 is 1.32 bits per heavy atom. The van der Waals surface area contributed by atoms with Gasteiger partial charge in [-0.15, -0.1) is 0 Å². The van der Waals surface area contributed by atoms with Crippen molar-refractivity contribution in [1.82, 2.24) is 10.1 Å². The largest absolute Gasteiger partial charge is 0.376 e. The Kier molecular flexibility index (Phi) is 5.08. The predicted octanol–water partition coefficient (Wildman–Crippen LogP) is 3.39. The Hall–Kier alpha value is -2.34. The molecule has 25 heavy (non-hydrogen) atoms. The molecular formula is C19H26N4O2. The van der Waals surface area contributed by atoms with E-state index in [-0.39, 0.29) is 12.5 Å². The molecule has 0 spiro atoms. The summed E-state index contributed by atoms with van der Waals surface area (Å²) in [6, 6.07) is 8.48. The molecule has 2 aromatic rings. The maximum Gasteiger partial charge on any atom is 0.246 e. The number of amides is 1. The number of hydrogen-bond acceptors (Lipinski definition) is 5. The number of hydrogen-bond donors (Lipinski definition) is 2. The summed E-state index contributed by atoms with van der Waals surface area (Å²) in [4.78, 5) is 14.6. The van der Waals surface area contributed by atoms with E-state index in [9.17, 15) is 4.79 Å². The zero-order valence-corrected chi connectivity index (χ0v) is 15.3. The summed E-state index contributed by atoms with van der Waals surface area (Å²) in [6.07, 6.45) is 0. The lowest BCUT2D eigenvalue weighted by molar-refractivity contribution is -0.114. The van der Waals surface area contributed by atoms with Gasteiger partial charge < -0.3 is 9.84 Å². The van der Waals surface area contributed by atoms with Crippen LogP contribution in [0.1, 0.15) is 37.6 Å². The highest BCUT2D eigenvalue weighted by Crippen LogP contribution is 2.31. The van der Waals surface area contributed by atoms with Crippen LogP contribution in [0.3, 0.4) is 0 Å². The number of carbonyl (C=O) groups is 1. The second kappa shape index (κ2) is 7.27. The maximum absolute atomic E-state index is 12.1. The van der Waals surface area contributed by atoms with Gasteiger partial charge in [0.1, 0.15) is 0 Å². The molecule has 0 saturated heterocycles. The van der Waals surface area contributed by atoms with E-state index >= 15 is 0 Å². The molecule has 2 N–H and O–H groups in total. The quantitative estimate of drug-likeness (QED) is 0.842. The first kappa shape index (κ1) is 17.5. The van der Waals surface area contributed by atoms with E-state index < -0.39 is 0 Å². The Morgan fingerprint density at radius 2 is 2.12 bits per heavy atom. The van der Waals surface area contributed by atoms with Crippen molar-refractivity contribution in [3.63, 3.8) is 0 Å². The molecule has 1 aliphatic rings. The predicted molar refractivity (Wildman–Crippen MR) is 98.3 cm³/mol. The van der Waals surface area contributed by atoms with E-state index in [0.29, 0.717) is 17.8 Å². The highest BCUT2D eigenvalue weighted by molar-refractivity contribution is 5.92. The molecule has 2 heterocycles. The first-order chi connectivity index (χ1) is 11.9. The monoisotopic (exact) mass is 342 g/mol. The van der Waals surface area contributed by atoms with Gasteiger partial charge in [-0.1, -0.05) is 31.1 Å². The molecule has 1 amide bonds. The molecule has 1 atom stereocenters. The van der Waals surface area contributed by atoms with Crippen LogP contribution in [0.4, 0.5) is 11.6 Å². The molecule has 1 aromatic heterocycles. The minimum atomic E-state index is -0.154. The van der Waals surface area contributed by atoms with Gasteiger partial charge in [0.2, 0.25) is 11.8 Å². The first-order valence-electron chi connectivity index (χ1n) is 8.76. The minimum absolute atomic E-state index is 0.154. The van der Waals surface area contributed by atoms with E-state index in [1.807, 2.05) is 19.1 Å². The lowest BCUT2D eigenvalue weighted by Gasteiger charge is -2.27. The fourth-order valence-electron chi connectivity index (χ4n) is 3.10. The van der Waals surface area contributed by atoms with E-state index in [1.54, 1.807) is 6.07 Å². The van der Waals surface area contributed by atoms with Gasteiger partial charge in [-0.3, -0.25) is 15.0 Å². The molecule has 1 aromatic carbocycles. The Bertz CT molecular complexity index is 754. The number of aryl methyl sites for hydroxylation is 1. The summed E-state index contributed by atoms with van der Waals surface area (Å²) in [5.74, 6) is 0.834. The van der Waals surface area contributed by atoms with Crippen LogP contribution in [-0.2, 0) is 17.9 Å². The number of anilines is 2. The van der Waals surface area contributed by atoms with Crippen LogP contribution in [0.25, 0.3) is 0 Å². The summed E-state index contributed by atoms with van der Waals surface area (Å²) >= 11 is 0. The number of benzene rings is 1. The minimum Gasteiger partial charge on any atom is -0.376 e. The van der Waals surface area contributed by atoms with Crippen molar-refractivity contribution in [2.24, 2.45) is 5.92 Å². The van der Waals surface area contributed by atoms with Crippen molar-refractivity contribution in [3.05, 3.63) is 41.1 Å².